The van der Waals surface area contributed by atoms with Gasteiger partial charge in [0.25, 0.3) is 0 Å². The van der Waals surface area contributed by atoms with Crippen LogP contribution < -0.4 is 5.32 Å². The van der Waals surface area contributed by atoms with Crippen LogP contribution >= 0.6 is 11.6 Å². The van der Waals surface area contributed by atoms with Gasteiger partial charge in [-0.15, -0.1) is 0 Å². The molecule has 1 saturated heterocycles. The molecule has 3 aromatic rings. The smallest absolute Gasteiger partial charge is 0.321 e. The van der Waals surface area contributed by atoms with Crippen LogP contribution in [0.5, 0.6) is 0 Å². The Hall–Kier alpha value is -2.60. The third-order valence-corrected chi connectivity index (χ3v) is 5.31. The summed E-state index contributed by atoms with van der Waals surface area (Å²) in [7, 11) is 0. The molecule has 0 spiro atoms. The van der Waals surface area contributed by atoms with Gasteiger partial charge < -0.3 is 14.8 Å². The molecular weight excluding hydrogens is 362 g/mol. The number of pyridine rings is 1. The number of aryl methyl sites for hydroxylation is 1. The number of imidazole rings is 1. The zero-order chi connectivity index (χ0) is 18.8. The number of likely N-dealkylation sites (tertiary alicyclic amines) is 1. The lowest BCUT2D eigenvalue weighted by molar-refractivity contribution is 0.171. The van der Waals surface area contributed by atoms with Crippen molar-refractivity contribution in [2.45, 2.75) is 26.3 Å². The number of fused-ring (bicyclic) bond motifs is 1. The zero-order valence-electron chi connectivity index (χ0n) is 15.2. The van der Waals surface area contributed by atoms with Gasteiger partial charge in [0.15, 0.2) is 5.65 Å². The van der Waals surface area contributed by atoms with Gasteiger partial charge in [-0.1, -0.05) is 17.7 Å². The highest BCUT2D eigenvalue weighted by molar-refractivity contribution is 6.33. The standard InChI is InChI=1S/C20H22ClN5O/c1-14-6-7-17(16(21)10-14)24-20(27)25-9-3-4-15(11-25)12-26-13-23-18-5-2-8-22-19(18)26/h2,5-8,10,13,15H,3-4,9,11-12H2,1H3,(H,24,27)/t15-/m0/s1. The first-order valence-corrected chi connectivity index (χ1v) is 9.56. The number of nitrogens with one attached hydrogen (secondary N) is 1. The molecule has 0 saturated carbocycles. The largest absolute Gasteiger partial charge is 0.324 e. The number of benzene rings is 1. The lowest BCUT2D eigenvalue weighted by Crippen LogP contribution is -2.43. The first-order chi connectivity index (χ1) is 13.1. The summed E-state index contributed by atoms with van der Waals surface area (Å²) in [5, 5.41) is 3.50. The van der Waals surface area contributed by atoms with E-state index >= 15 is 0 Å². The minimum Gasteiger partial charge on any atom is -0.324 e. The molecule has 140 valence electrons. The monoisotopic (exact) mass is 383 g/mol. The minimum absolute atomic E-state index is 0.0981. The van der Waals surface area contributed by atoms with Gasteiger partial charge in [0.2, 0.25) is 0 Å². The van der Waals surface area contributed by atoms with Crippen LogP contribution in [0.1, 0.15) is 18.4 Å². The third kappa shape index (κ3) is 3.90. The van der Waals surface area contributed by atoms with Crippen LogP contribution in [0.25, 0.3) is 11.2 Å². The fourth-order valence-electron chi connectivity index (χ4n) is 3.62. The van der Waals surface area contributed by atoms with Crippen molar-refractivity contribution >= 4 is 34.5 Å². The third-order valence-electron chi connectivity index (χ3n) is 5.00. The SMILES string of the molecule is Cc1ccc(NC(=O)N2CCC[C@H](Cn3cnc4cccnc43)C2)c(Cl)c1. The van der Waals surface area contributed by atoms with Crippen LogP contribution in [0.2, 0.25) is 5.02 Å². The van der Waals surface area contributed by atoms with Crippen molar-refractivity contribution in [2.75, 3.05) is 18.4 Å². The summed E-state index contributed by atoms with van der Waals surface area (Å²) in [6.07, 6.45) is 5.69. The Labute approximate surface area is 163 Å². The van der Waals surface area contributed by atoms with Gasteiger partial charge in [0.05, 0.1) is 17.0 Å². The van der Waals surface area contributed by atoms with Crippen LogP contribution in [0.4, 0.5) is 10.5 Å². The normalized spacial score (nSPS) is 17.3. The number of rotatable bonds is 3. The molecule has 0 aliphatic carbocycles. The van der Waals surface area contributed by atoms with E-state index in [1.165, 1.54) is 0 Å². The fourth-order valence-corrected chi connectivity index (χ4v) is 3.91. The summed E-state index contributed by atoms with van der Waals surface area (Å²) >= 11 is 6.24. The summed E-state index contributed by atoms with van der Waals surface area (Å²) in [5.74, 6) is 0.373. The van der Waals surface area contributed by atoms with Crippen molar-refractivity contribution in [1.29, 1.82) is 0 Å². The summed E-state index contributed by atoms with van der Waals surface area (Å²) in [6.45, 7) is 4.25. The van der Waals surface area contributed by atoms with E-state index < -0.39 is 0 Å². The van der Waals surface area contributed by atoms with E-state index in [1.807, 2.05) is 48.5 Å². The number of anilines is 1. The Morgan fingerprint density at radius 3 is 3.07 bits per heavy atom. The molecule has 1 fully saturated rings. The number of urea groups is 1. The molecule has 6 nitrogen and oxygen atoms in total. The highest BCUT2D eigenvalue weighted by Crippen LogP contribution is 2.25. The topological polar surface area (TPSA) is 63.1 Å². The molecule has 1 aliphatic rings. The number of carbonyl (C=O) groups is 1. The first-order valence-electron chi connectivity index (χ1n) is 9.18. The highest BCUT2D eigenvalue weighted by atomic mass is 35.5. The molecule has 1 N–H and O–H groups in total. The van der Waals surface area contributed by atoms with Crippen LogP contribution in [-0.4, -0.2) is 38.6 Å². The maximum Gasteiger partial charge on any atom is 0.321 e. The predicted molar refractivity (Wildman–Crippen MR) is 107 cm³/mol. The lowest BCUT2D eigenvalue weighted by Gasteiger charge is -2.33. The molecule has 1 atom stereocenters. The average molecular weight is 384 g/mol. The quantitative estimate of drug-likeness (QED) is 0.731. The van der Waals surface area contributed by atoms with E-state index in [0.717, 1.165) is 42.7 Å². The van der Waals surface area contributed by atoms with Crippen LogP contribution in [-0.2, 0) is 6.54 Å². The van der Waals surface area contributed by atoms with E-state index in [-0.39, 0.29) is 6.03 Å². The number of hydrogen-bond acceptors (Lipinski definition) is 3. The van der Waals surface area contributed by atoms with Crippen LogP contribution in [0, 0.1) is 12.8 Å². The number of nitrogens with zero attached hydrogens (tertiary/aromatic N) is 4. The Morgan fingerprint density at radius 1 is 1.33 bits per heavy atom. The molecule has 4 rings (SSSR count). The molecular formula is C20H22ClN5O. The van der Waals surface area contributed by atoms with Crippen molar-refractivity contribution in [3.8, 4) is 0 Å². The van der Waals surface area contributed by atoms with Gasteiger partial charge in [-0.3, -0.25) is 0 Å². The fraction of sp³-hybridized carbons (Fsp3) is 0.350. The van der Waals surface area contributed by atoms with Crippen LogP contribution in [0.15, 0.2) is 42.9 Å². The second-order valence-electron chi connectivity index (χ2n) is 7.11. The number of carbonyl (C=O) groups excluding carboxylic acids is 1. The summed E-state index contributed by atoms with van der Waals surface area (Å²) < 4.78 is 2.08. The van der Waals surface area contributed by atoms with Crippen molar-refractivity contribution < 1.29 is 4.79 Å². The minimum atomic E-state index is -0.0981. The number of piperidine rings is 1. The van der Waals surface area contributed by atoms with E-state index in [2.05, 4.69) is 19.9 Å². The maximum atomic E-state index is 12.7. The second-order valence-corrected chi connectivity index (χ2v) is 7.52. The average Bonchev–Trinajstić information content (AvgIpc) is 3.07. The van der Waals surface area contributed by atoms with Crippen LogP contribution in [0.3, 0.4) is 0 Å². The van der Waals surface area contributed by atoms with Gasteiger partial charge in [0.1, 0.15) is 5.52 Å². The molecule has 7 heteroatoms. The molecule has 27 heavy (non-hydrogen) atoms. The van der Waals surface area contributed by atoms with Crippen molar-refractivity contribution in [3.63, 3.8) is 0 Å². The van der Waals surface area contributed by atoms with Gasteiger partial charge in [-0.05, 0) is 55.5 Å². The molecule has 0 radical (unpaired) electrons. The number of hydrogen-bond donors (Lipinski definition) is 1. The maximum absolute atomic E-state index is 12.7. The molecule has 1 aromatic carbocycles. The molecule has 2 aromatic heterocycles. The lowest BCUT2D eigenvalue weighted by atomic mass is 9.98. The molecule has 2 amide bonds. The van der Waals surface area contributed by atoms with Gasteiger partial charge >= 0.3 is 6.03 Å². The number of halogens is 1. The van der Waals surface area contributed by atoms with Crippen molar-refractivity contribution in [2.24, 2.45) is 5.92 Å². The number of aromatic nitrogens is 3. The molecule has 3 heterocycles. The summed E-state index contributed by atoms with van der Waals surface area (Å²) in [6, 6.07) is 9.40. The zero-order valence-corrected chi connectivity index (χ0v) is 16.0. The Morgan fingerprint density at radius 2 is 2.22 bits per heavy atom. The van der Waals surface area contributed by atoms with E-state index in [9.17, 15) is 4.79 Å². The first kappa shape index (κ1) is 17.8. The predicted octanol–water partition coefficient (Wildman–Crippen LogP) is 4.34. The summed E-state index contributed by atoms with van der Waals surface area (Å²) in [4.78, 5) is 23.4. The summed E-state index contributed by atoms with van der Waals surface area (Å²) in [5.41, 5.74) is 3.51. The van der Waals surface area contributed by atoms with E-state index in [0.29, 0.717) is 23.2 Å². The second kappa shape index (κ2) is 7.56. The van der Waals surface area contributed by atoms with Gasteiger partial charge in [-0.2, -0.15) is 0 Å². The Balaban J connectivity index is 1.42. The van der Waals surface area contributed by atoms with Gasteiger partial charge in [0, 0.05) is 25.8 Å². The Kier molecular flexibility index (Phi) is 4.99. The molecule has 1 aliphatic heterocycles. The van der Waals surface area contributed by atoms with E-state index in [4.69, 9.17) is 11.6 Å². The van der Waals surface area contributed by atoms with E-state index in [1.54, 1.807) is 6.20 Å². The number of amides is 2. The van der Waals surface area contributed by atoms with Gasteiger partial charge in [-0.25, -0.2) is 14.8 Å². The molecule has 0 bridgehead atoms. The molecule has 0 unspecified atom stereocenters. The highest BCUT2D eigenvalue weighted by Gasteiger charge is 2.25. The van der Waals surface area contributed by atoms with Crippen molar-refractivity contribution in [3.05, 3.63) is 53.4 Å². The van der Waals surface area contributed by atoms with Crippen molar-refractivity contribution in [1.82, 2.24) is 19.4 Å². The Bertz CT molecular complexity index is 970.